The Morgan fingerprint density at radius 3 is 2.44 bits per heavy atom. The molecule has 206 valence electrons. The van der Waals surface area contributed by atoms with Crippen LogP contribution >= 0.6 is 11.6 Å². The van der Waals surface area contributed by atoms with Crippen LogP contribution in [0.4, 0.5) is 11.4 Å². The van der Waals surface area contributed by atoms with Gasteiger partial charge in [0, 0.05) is 16.3 Å². The summed E-state index contributed by atoms with van der Waals surface area (Å²) in [6, 6.07) is 29.1. The Bertz CT molecular complexity index is 1770. The van der Waals surface area contributed by atoms with Crippen molar-refractivity contribution in [1.29, 1.82) is 0 Å². The molecule has 1 amide bonds. The van der Waals surface area contributed by atoms with E-state index in [-0.39, 0.29) is 23.4 Å². The maximum Gasteiger partial charge on any atom is 0.299 e. The highest BCUT2D eigenvalue weighted by Gasteiger charge is 2.17. The van der Waals surface area contributed by atoms with Crippen LogP contribution in [-0.2, 0) is 0 Å². The molecular formula is C33H29ClN4O3. The summed E-state index contributed by atoms with van der Waals surface area (Å²) in [6.07, 6.45) is 1.48. The molecule has 0 fully saturated rings. The monoisotopic (exact) mass is 564 g/mol. The molecule has 0 aliphatic heterocycles. The van der Waals surface area contributed by atoms with Crippen molar-refractivity contribution in [3.8, 4) is 17.2 Å². The molecule has 7 nitrogen and oxygen atoms in total. The molecule has 5 aromatic rings. The van der Waals surface area contributed by atoms with Crippen molar-refractivity contribution in [2.75, 3.05) is 5.32 Å². The molecule has 0 saturated carbocycles. The van der Waals surface area contributed by atoms with E-state index in [0.29, 0.717) is 27.7 Å². The Kier molecular flexibility index (Phi) is 8.17. The molecule has 0 aliphatic rings. The lowest BCUT2D eigenvalue weighted by Gasteiger charge is -2.16. The van der Waals surface area contributed by atoms with Gasteiger partial charge in [0.05, 0.1) is 17.9 Å². The molecule has 0 bridgehead atoms. The van der Waals surface area contributed by atoms with E-state index >= 15 is 0 Å². The number of nitrogens with one attached hydrogen (secondary N) is 2. The summed E-state index contributed by atoms with van der Waals surface area (Å²) in [6.45, 7) is 5.94. The first kappa shape index (κ1) is 27.7. The molecular weight excluding hydrogens is 536 g/mol. The standard InChI is InChI=1S/C33H29ClN4O3/c1-21-15-16-29(17-22(21)2)41-30-20-35-38(28-14-8-12-26(34)19-28)33(40)31(30)37-27-13-7-11-25(18-27)32(39)36-23(3)24-9-5-4-6-10-24/h4-20,23,37H,1-3H3,(H,36,39)/t23-/m1/s1. The third-order valence-corrected chi connectivity index (χ3v) is 6.98. The fourth-order valence-corrected chi connectivity index (χ4v) is 4.50. The predicted octanol–water partition coefficient (Wildman–Crippen LogP) is 7.53. The van der Waals surface area contributed by atoms with Crippen molar-refractivity contribution in [3.63, 3.8) is 0 Å². The predicted molar refractivity (Wildman–Crippen MR) is 163 cm³/mol. The van der Waals surface area contributed by atoms with Gasteiger partial charge in [-0.3, -0.25) is 9.59 Å². The number of carbonyl (C=O) groups is 1. The second-order valence-electron chi connectivity index (χ2n) is 9.74. The zero-order chi connectivity index (χ0) is 28.9. The molecule has 41 heavy (non-hydrogen) atoms. The minimum absolute atomic E-state index is 0.161. The summed E-state index contributed by atoms with van der Waals surface area (Å²) < 4.78 is 7.40. The smallest absolute Gasteiger partial charge is 0.299 e. The zero-order valence-electron chi connectivity index (χ0n) is 22.9. The van der Waals surface area contributed by atoms with E-state index in [1.54, 1.807) is 48.5 Å². The fourth-order valence-electron chi connectivity index (χ4n) is 4.31. The molecule has 0 saturated heterocycles. The molecule has 1 atom stereocenters. The number of rotatable bonds is 8. The Hall–Kier alpha value is -4.88. The number of carbonyl (C=O) groups excluding carboxylic acids is 1. The van der Waals surface area contributed by atoms with Crippen molar-refractivity contribution in [2.24, 2.45) is 0 Å². The van der Waals surface area contributed by atoms with Crippen LogP contribution in [0.2, 0.25) is 5.02 Å². The van der Waals surface area contributed by atoms with Gasteiger partial charge in [-0.25, -0.2) is 0 Å². The highest BCUT2D eigenvalue weighted by molar-refractivity contribution is 6.30. The van der Waals surface area contributed by atoms with Crippen molar-refractivity contribution in [3.05, 3.63) is 141 Å². The molecule has 5 rings (SSSR count). The van der Waals surface area contributed by atoms with Crippen LogP contribution in [0.15, 0.2) is 108 Å². The number of hydrogen-bond donors (Lipinski definition) is 2. The number of ether oxygens (including phenoxy) is 1. The second-order valence-corrected chi connectivity index (χ2v) is 10.2. The first-order valence-corrected chi connectivity index (χ1v) is 13.5. The number of hydrogen-bond acceptors (Lipinski definition) is 5. The fraction of sp³-hybridized carbons (Fsp3) is 0.121. The summed E-state index contributed by atoms with van der Waals surface area (Å²) in [7, 11) is 0. The second kappa shape index (κ2) is 12.1. The van der Waals surface area contributed by atoms with Crippen molar-refractivity contribution < 1.29 is 9.53 Å². The zero-order valence-corrected chi connectivity index (χ0v) is 23.6. The van der Waals surface area contributed by atoms with E-state index in [4.69, 9.17) is 16.3 Å². The summed E-state index contributed by atoms with van der Waals surface area (Å²) in [5.41, 5.74) is 4.39. The van der Waals surface area contributed by atoms with Crippen LogP contribution in [0, 0.1) is 13.8 Å². The van der Waals surface area contributed by atoms with Gasteiger partial charge in [0.2, 0.25) is 0 Å². The van der Waals surface area contributed by atoms with Crippen molar-refractivity contribution in [1.82, 2.24) is 15.1 Å². The molecule has 0 spiro atoms. The third kappa shape index (κ3) is 6.48. The molecule has 1 aromatic heterocycles. The van der Waals surface area contributed by atoms with Crippen LogP contribution in [-0.4, -0.2) is 15.7 Å². The van der Waals surface area contributed by atoms with E-state index in [9.17, 15) is 9.59 Å². The lowest BCUT2D eigenvalue weighted by molar-refractivity contribution is 0.0940. The molecule has 4 aromatic carbocycles. The average Bonchev–Trinajstić information content (AvgIpc) is 2.97. The SMILES string of the molecule is Cc1ccc(Oc2cnn(-c3cccc(Cl)c3)c(=O)c2Nc2cccc(C(=O)N[C@H](C)c3ccccc3)c2)cc1C. The summed E-state index contributed by atoms with van der Waals surface area (Å²) in [5, 5.41) is 11.0. The van der Waals surface area contributed by atoms with Crippen LogP contribution in [0.3, 0.4) is 0 Å². The highest BCUT2D eigenvalue weighted by Crippen LogP contribution is 2.30. The number of anilines is 2. The van der Waals surface area contributed by atoms with Crippen molar-refractivity contribution >= 4 is 28.9 Å². The molecule has 1 heterocycles. The third-order valence-electron chi connectivity index (χ3n) is 6.74. The number of amides is 1. The quantitative estimate of drug-likeness (QED) is 0.203. The topological polar surface area (TPSA) is 85.2 Å². The molecule has 0 radical (unpaired) electrons. The van der Waals surface area contributed by atoms with Crippen LogP contribution in [0.5, 0.6) is 11.5 Å². The van der Waals surface area contributed by atoms with Gasteiger partial charge in [-0.1, -0.05) is 60.1 Å². The molecule has 0 aliphatic carbocycles. The lowest BCUT2D eigenvalue weighted by Crippen LogP contribution is -2.26. The van der Waals surface area contributed by atoms with Crippen LogP contribution < -0.4 is 20.9 Å². The normalized spacial score (nSPS) is 11.5. The summed E-state index contributed by atoms with van der Waals surface area (Å²) in [5.74, 6) is 0.577. The number of nitrogens with zero attached hydrogens (tertiary/aromatic N) is 2. The molecule has 2 N–H and O–H groups in total. The number of aryl methyl sites for hydroxylation is 2. The molecule has 8 heteroatoms. The van der Waals surface area contributed by atoms with Gasteiger partial charge in [0.25, 0.3) is 11.5 Å². The van der Waals surface area contributed by atoms with Gasteiger partial charge < -0.3 is 15.4 Å². The number of halogens is 1. The van der Waals surface area contributed by atoms with E-state index in [0.717, 1.165) is 16.7 Å². The Labute approximate surface area is 243 Å². The van der Waals surface area contributed by atoms with E-state index in [2.05, 4.69) is 15.7 Å². The maximum atomic E-state index is 13.8. The highest BCUT2D eigenvalue weighted by atomic mass is 35.5. The van der Waals surface area contributed by atoms with E-state index in [1.165, 1.54) is 10.9 Å². The lowest BCUT2D eigenvalue weighted by atomic mass is 10.1. The van der Waals surface area contributed by atoms with E-state index < -0.39 is 5.56 Å². The van der Waals surface area contributed by atoms with Crippen LogP contribution in [0.1, 0.15) is 40.0 Å². The Morgan fingerprint density at radius 2 is 1.68 bits per heavy atom. The molecule has 0 unspecified atom stereocenters. The maximum absolute atomic E-state index is 13.8. The Balaban J connectivity index is 1.49. The van der Waals surface area contributed by atoms with Gasteiger partial charge in [-0.05, 0) is 86.0 Å². The van der Waals surface area contributed by atoms with Gasteiger partial charge in [0.15, 0.2) is 11.4 Å². The largest absolute Gasteiger partial charge is 0.453 e. The summed E-state index contributed by atoms with van der Waals surface area (Å²) >= 11 is 6.18. The first-order valence-electron chi connectivity index (χ1n) is 13.1. The van der Waals surface area contributed by atoms with Crippen molar-refractivity contribution in [2.45, 2.75) is 26.8 Å². The Morgan fingerprint density at radius 1 is 0.902 bits per heavy atom. The minimum atomic E-state index is -0.443. The van der Waals surface area contributed by atoms with Gasteiger partial charge in [-0.15, -0.1) is 0 Å². The average molecular weight is 565 g/mol. The van der Waals surface area contributed by atoms with Gasteiger partial charge >= 0.3 is 0 Å². The van der Waals surface area contributed by atoms with Gasteiger partial charge in [0.1, 0.15) is 5.75 Å². The number of aromatic nitrogens is 2. The number of benzene rings is 4. The minimum Gasteiger partial charge on any atom is -0.453 e. The first-order chi connectivity index (χ1) is 19.8. The van der Waals surface area contributed by atoms with Crippen LogP contribution in [0.25, 0.3) is 5.69 Å². The van der Waals surface area contributed by atoms with E-state index in [1.807, 2.05) is 69.3 Å². The summed E-state index contributed by atoms with van der Waals surface area (Å²) in [4.78, 5) is 26.9. The van der Waals surface area contributed by atoms with Gasteiger partial charge in [-0.2, -0.15) is 9.78 Å².